The number of carbonyl (C=O) groups is 1. The highest BCUT2D eigenvalue weighted by atomic mass is 32.2. The van der Waals surface area contributed by atoms with Crippen molar-refractivity contribution < 1.29 is 13.2 Å². The predicted molar refractivity (Wildman–Crippen MR) is 82.1 cm³/mol. The van der Waals surface area contributed by atoms with Crippen LogP contribution in [0.4, 0.5) is 0 Å². The van der Waals surface area contributed by atoms with E-state index in [2.05, 4.69) is 22.3 Å². The van der Waals surface area contributed by atoms with Crippen molar-refractivity contribution in [3.63, 3.8) is 0 Å². The quantitative estimate of drug-likeness (QED) is 0.516. The van der Waals surface area contributed by atoms with Gasteiger partial charge in [-0.2, -0.15) is 0 Å². The fourth-order valence-corrected chi connectivity index (χ4v) is 2.85. The van der Waals surface area contributed by atoms with Crippen LogP contribution in [0.5, 0.6) is 0 Å². The van der Waals surface area contributed by atoms with Gasteiger partial charge in [0.2, 0.25) is 15.9 Å². The average Bonchev–Trinajstić information content (AvgIpc) is 2.28. The maximum atomic E-state index is 11.8. The van der Waals surface area contributed by atoms with Crippen molar-refractivity contribution in [1.82, 2.24) is 15.4 Å². The summed E-state index contributed by atoms with van der Waals surface area (Å²) < 4.78 is 24.9. The monoisotopic (exact) mass is 307 g/mol. The van der Waals surface area contributed by atoms with E-state index < -0.39 is 15.6 Å². The molecule has 20 heavy (non-hydrogen) atoms. The van der Waals surface area contributed by atoms with Gasteiger partial charge in [-0.3, -0.25) is 4.79 Å². The Hall–Kier alpha value is -0.660. The molecule has 3 N–H and O–H groups in total. The molecule has 120 valence electrons. The summed E-state index contributed by atoms with van der Waals surface area (Å²) >= 11 is 0. The number of rotatable bonds is 10. The number of unbranched alkanes of at least 4 members (excludes halogenated alkanes) is 2. The van der Waals surface area contributed by atoms with E-state index in [1.54, 1.807) is 20.8 Å². The average molecular weight is 307 g/mol. The molecule has 0 saturated heterocycles. The van der Waals surface area contributed by atoms with Crippen LogP contribution in [0.1, 0.15) is 47.0 Å². The number of nitrogens with one attached hydrogen (secondary N) is 3. The zero-order valence-electron chi connectivity index (χ0n) is 13.2. The molecule has 0 aliphatic rings. The molecule has 0 aliphatic heterocycles. The zero-order valence-corrected chi connectivity index (χ0v) is 14.1. The van der Waals surface area contributed by atoms with Crippen LogP contribution < -0.4 is 15.4 Å². The molecule has 0 aromatic carbocycles. The first-order chi connectivity index (χ1) is 9.07. The van der Waals surface area contributed by atoms with Crippen LogP contribution >= 0.6 is 0 Å². The Morgan fingerprint density at radius 1 is 1.25 bits per heavy atom. The summed E-state index contributed by atoms with van der Waals surface area (Å²) in [6.45, 7) is 8.49. The Morgan fingerprint density at radius 3 is 2.35 bits per heavy atom. The molecule has 7 heteroatoms. The summed E-state index contributed by atoms with van der Waals surface area (Å²) in [4.78, 5) is 11.8. The summed E-state index contributed by atoms with van der Waals surface area (Å²) in [6, 6.07) is -0.350. The van der Waals surface area contributed by atoms with Crippen molar-refractivity contribution in [3.8, 4) is 0 Å². The summed E-state index contributed by atoms with van der Waals surface area (Å²) in [6.07, 6.45) is 4.33. The molecule has 0 saturated carbocycles. The lowest BCUT2D eigenvalue weighted by molar-refractivity contribution is -0.122. The molecular formula is C13H29N3O3S. The molecule has 0 radical (unpaired) electrons. The number of hydrogen-bond donors (Lipinski definition) is 3. The fourth-order valence-electron chi connectivity index (χ4n) is 1.78. The Labute approximate surface area is 123 Å². The minimum atomic E-state index is -3.26. The van der Waals surface area contributed by atoms with Crippen molar-refractivity contribution in [2.45, 2.75) is 58.5 Å². The van der Waals surface area contributed by atoms with Crippen molar-refractivity contribution in [1.29, 1.82) is 0 Å². The van der Waals surface area contributed by atoms with Crippen LogP contribution in [0, 0.1) is 0 Å². The van der Waals surface area contributed by atoms with Crippen LogP contribution in [0.15, 0.2) is 0 Å². The van der Waals surface area contributed by atoms with Gasteiger partial charge in [0.15, 0.2) is 0 Å². The summed E-state index contributed by atoms with van der Waals surface area (Å²) in [5.41, 5.74) is -0.635. The third-order valence-corrected chi connectivity index (χ3v) is 3.71. The second-order valence-corrected chi connectivity index (χ2v) is 7.61. The third-order valence-electron chi connectivity index (χ3n) is 2.78. The predicted octanol–water partition coefficient (Wildman–Crippen LogP) is 0.599. The highest BCUT2D eigenvalue weighted by Crippen LogP contribution is 2.02. The Morgan fingerprint density at radius 2 is 1.85 bits per heavy atom. The topological polar surface area (TPSA) is 87.3 Å². The van der Waals surface area contributed by atoms with Crippen LogP contribution in [-0.4, -0.2) is 45.3 Å². The molecule has 0 rings (SSSR count). The Balaban J connectivity index is 4.07. The van der Waals surface area contributed by atoms with E-state index in [4.69, 9.17) is 0 Å². The summed E-state index contributed by atoms with van der Waals surface area (Å²) in [7, 11) is -3.26. The van der Waals surface area contributed by atoms with Crippen LogP contribution in [0.2, 0.25) is 0 Å². The van der Waals surface area contributed by atoms with Gasteiger partial charge in [-0.05, 0) is 27.2 Å². The standard InChI is InChI=1S/C13H29N3O3S/c1-6-7-8-9-14-12(17)11(2)15-10-13(3,4)16-20(5,18)19/h11,15-16H,6-10H2,1-5H3,(H,14,17). The second-order valence-electron chi connectivity index (χ2n) is 5.86. The van der Waals surface area contributed by atoms with Crippen molar-refractivity contribution in [3.05, 3.63) is 0 Å². The van der Waals surface area contributed by atoms with E-state index in [1.165, 1.54) is 0 Å². The van der Waals surface area contributed by atoms with E-state index in [0.717, 1.165) is 25.5 Å². The smallest absolute Gasteiger partial charge is 0.236 e. The molecule has 6 nitrogen and oxygen atoms in total. The van der Waals surface area contributed by atoms with Crippen LogP contribution in [0.25, 0.3) is 0 Å². The highest BCUT2D eigenvalue weighted by Gasteiger charge is 2.23. The number of amides is 1. The molecule has 0 fully saturated rings. The maximum Gasteiger partial charge on any atom is 0.236 e. The lowest BCUT2D eigenvalue weighted by Gasteiger charge is -2.27. The minimum Gasteiger partial charge on any atom is -0.355 e. The number of sulfonamides is 1. The molecule has 1 atom stereocenters. The first-order valence-corrected chi connectivity index (χ1v) is 8.96. The summed E-state index contributed by atoms with van der Waals surface area (Å²) in [5, 5.41) is 5.91. The van der Waals surface area contributed by atoms with Gasteiger partial charge in [-0.1, -0.05) is 19.8 Å². The Kier molecular flexibility index (Phi) is 8.30. The molecule has 0 aromatic heterocycles. The van der Waals surface area contributed by atoms with E-state index in [0.29, 0.717) is 13.1 Å². The van der Waals surface area contributed by atoms with E-state index >= 15 is 0 Å². The molecule has 0 heterocycles. The first kappa shape index (κ1) is 19.3. The molecule has 0 spiro atoms. The van der Waals surface area contributed by atoms with E-state index in [9.17, 15) is 13.2 Å². The van der Waals surface area contributed by atoms with Gasteiger partial charge in [0.25, 0.3) is 0 Å². The van der Waals surface area contributed by atoms with Gasteiger partial charge < -0.3 is 10.6 Å². The zero-order chi connectivity index (χ0) is 15.8. The Bertz CT molecular complexity index is 394. The van der Waals surface area contributed by atoms with Crippen molar-refractivity contribution in [2.24, 2.45) is 0 Å². The van der Waals surface area contributed by atoms with Gasteiger partial charge in [-0.25, -0.2) is 13.1 Å². The highest BCUT2D eigenvalue weighted by molar-refractivity contribution is 7.88. The molecular weight excluding hydrogens is 278 g/mol. The summed E-state index contributed by atoms with van der Waals surface area (Å²) in [5.74, 6) is -0.0590. The molecule has 0 aromatic rings. The van der Waals surface area contributed by atoms with Crippen LogP contribution in [-0.2, 0) is 14.8 Å². The van der Waals surface area contributed by atoms with Gasteiger partial charge in [0, 0.05) is 18.6 Å². The van der Waals surface area contributed by atoms with Gasteiger partial charge in [-0.15, -0.1) is 0 Å². The molecule has 0 aliphatic carbocycles. The van der Waals surface area contributed by atoms with Crippen LogP contribution in [0.3, 0.4) is 0 Å². The van der Waals surface area contributed by atoms with Gasteiger partial charge >= 0.3 is 0 Å². The lowest BCUT2D eigenvalue weighted by atomic mass is 10.1. The first-order valence-electron chi connectivity index (χ1n) is 7.07. The SMILES string of the molecule is CCCCCNC(=O)C(C)NCC(C)(C)NS(C)(=O)=O. The van der Waals surface area contributed by atoms with Gasteiger partial charge in [0.1, 0.15) is 0 Å². The normalized spacial score (nSPS) is 14.1. The van der Waals surface area contributed by atoms with Gasteiger partial charge in [0.05, 0.1) is 12.3 Å². The molecule has 1 unspecified atom stereocenters. The fraction of sp³-hybridized carbons (Fsp3) is 0.923. The van der Waals surface area contributed by atoms with Crippen molar-refractivity contribution in [2.75, 3.05) is 19.3 Å². The third kappa shape index (κ3) is 10.2. The number of hydrogen-bond acceptors (Lipinski definition) is 4. The largest absolute Gasteiger partial charge is 0.355 e. The van der Waals surface area contributed by atoms with E-state index in [-0.39, 0.29) is 11.9 Å². The molecule has 1 amide bonds. The second kappa shape index (κ2) is 8.59. The number of carbonyl (C=O) groups excluding carboxylic acids is 1. The minimum absolute atomic E-state index is 0.0590. The maximum absolute atomic E-state index is 11.8. The van der Waals surface area contributed by atoms with Crippen molar-refractivity contribution >= 4 is 15.9 Å². The molecule has 0 bridgehead atoms. The lowest BCUT2D eigenvalue weighted by Crippen LogP contribution is -2.53. The van der Waals surface area contributed by atoms with E-state index in [1.807, 2.05) is 0 Å².